The van der Waals surface area contributed by atoms with Crippen molar-refractivity contribution in [3.8, 4) is 0 Å². The normalized spacial score (nSPS) is 26.0. The lowest BCUT2D eigenvalue weighted by Crippen LogP contribution is -2.45. The van der Waals surface area contributed by atoms with E-state index in [4.69, 9.17) is 0 Å². The first-order chi connectivity index (χ1) is 8.68. The Kier molecular flexibility index (Phi) is 3.72. The second kappa shape index (κ2) is 4.76. The lowest BCUT2D eigenvalue weighted by Gasteiger charge is -2.36. The van der Waals surface area contributed by atoms with Crippen molar-refractivity contribution in [2.24, 2.45) is 17.3 Å². The number of carbonyl (C=O) groups is 1. The maximum absolute atomic E-state index is 12.6. The SMILES string of the molecule is CC(C)CC1NC2(CC2)C(=O)N1CC(C)(C)C(C)C. The minimum atomic E-state index is -0.174. The molecule has 1 aliphatic heterocycles. The second-order valence-electron chi connectivity index (χ2n) is 7.95. The zero-order chi connectivity index (χ0) is 14.4. The number of nitrogens with one attached hydrogen (secondary N) is 1. The van der Waals surface area contributed by atoms with Crippen molar-refractivity contribution in [2.45, 2.75) is 72.5 Å². The highest BCUT2D eigenvalue weighted by Gasteiger charge is 2.59. The Bertz CT molecular complexity index is 356. The van der Waals surface area contributed by atoms with E-state index in [0.717, 1.165) is 25.8 Å². The summed E-state index contributed by atoms with van der Waals surface area (Å²) in [6.45, 7) is 14.4. The third-order valence-corrected chi connectivity index (χ3v) is 5.07. The van der Waals surface area contributed by atoms with Crippen LogP contribution in [-0.4, -0.2) is 29.1 Å². The van der Waals surface area contributed by atoms with Crippen LogP contribution in [0.15, 0.2) is 0 Å². The molecule has 0 aromatic rings. The average Bonchev–Trinajstić information content (AvgIpc) is 3.00. The summed E-state index contributed by atoms with van der Waals surface area (Å²) in [5, 5.41) is 3.61. The Morgan fingerprint density at radius 1 is 1.32 bits per heavy atom. The molecule has 2 fully saturated rings. The van der Waals surface area contributed by atoms with Crippen molar-refractivity contribution in [1.82, 2.24) is 10.2 Å². The van der Waals surface area contributed by atoms with E-state index in [2.05, 4.69) is 51.8 Å². The summed E-state index contributed by atoms with van der Waals surface area (Å²) >= 11 is 0. The highest BCUT2D eigenvalue weighted by molar-refractivity contribution is 5.91. The summed E-state index contributed by atoms with van der Waals surface area (Å²) < 4.78 is 0. The van der Waals surface area contributed by atoms with Crippen LogP contribution in [0, 0.1) is 17.3 Å². The van der Waals surface area contributed by atoms with E-state index in [1.54, 1.807) is 0 Å². The predicted octanol–water partition coefficient (Wildman–Crippen LogP) is 3.01. The molecule has 1 unspecified atom stereocenters. The number of amides is 1. The molecular formula is C16H30N2O. The fourth-order valence-corrected chi connectivity index (χ4v) is 2.79. The highest BCUT2D eigenvalue weighted by atomic mass is 16.2. The third-order valence-electron chi connectivity index (χ3n) is 5.07. The van der Waals surface area contributed by atoms with Crippen LogP contribution in [0.2, 0.25) is 0 Å². The van der Waals surface area contributed by atoms with E-state index in [-0.39, 0.29) is 17.1 Å². The van der Waals surface area contributed by atoms with Crippen LogP contribution in [0.3, 0.4) is 0 Å². The molecule has 110 valence electrons. The number of hydrogen-bond acceptors (Lipinski definition) is 2. The lowest BCUT2D eigenvalue weighted by atomic mass is 9.80. The molecule has 1 N–H and O–H groups in total. The molecule has 2 rings (SSSR count). The van der Waals surface area contributed by atoms with E-state index < -0.39 is 0 Å². The zero-order valence-electron chi connectivity index (χ0n) is 13.4. The minimum Gasteiger partial charge on any atom is -0.325 e. The molecule has 1 spiro atoms. The zero-order valence-corrected chi connectivity index (χ0v) is 13.4. The van der Waals surface area contributed by atoms with Crippen LogP contribution < -0.4 is 5.32 Å². The smallest absolute Gasteiger partial charge is 0.244 e. The van der Waals surface area contributed by atoms with Crippen molar-refractivity contribution >= 4 is 5.91 Å². The highest BCUT2D eigenvalue weighted by Crippen LogP contribution is 2.44. The molecule has 2 aliphatic rings. The number of hydrogen-bond donors (Lipinski definition) is 1. The molecule has 1 atom stereocenters. The Balaban J connectivity index is 2.12. The Hall–Kier alpha value is -0.570. The molecule has 19 heavy (non-hydrogen) atoms. The van der Waals surface area contributed by atoms with Gasteiger partial charge in [-0.3, -0.25) is 10.1 Å². The van der Waals surface area contributed by atoms with Gasteiger partial charge in [0.25, 0.3) is 0 Å². The van der Waals surface area contributed by atoms with E-state index in [1.165, 1.54) is 0 Å². The van der Waals surface area contributed by atoms with Gasteiger partial charge in [0.2, 0.25) is 5.91 Å². The first-order valence-electron chi connectivity index (χ1n) is 7.77. The number of carbonyl (C=O) groups excluding carboxylic acids is 1. The lowest BCUT2D eigenvalue weighted by molar-refractivity contribution is -0.132. The average molecular weight is 266 g/mol. The van der Waals surface area contributed by atoms with E-state index >= 15 is 0 Å². The Labute approximate surface area is 118 Å². The van der Waals surface area contributed by atoms with Crippen LogP contribution in [-0.2, 0) is 4.79 Å². The van der Waals surface area contributed by atoms with Gasteiger partial charge in [0.1, 0.15) is 0 Å². The molecule has 3 heteroatoms. The quantitative estimate of drug-likeness (QED) is 0.829. The fraction of sp³-hybridized carbons (Fsp3) is 0.938. The minimum absolute atomic E-state index is 0.174. The van der Waals surface area contributed by atoms with Gasteiger partial charge in [-0.15, -0.1) is 0 Å². The fourth-order valence-electron chi connectivity index (χ4n) is 2.79. The summed E-state index contributed by atoms with van der Waals surface area (Å²) in [4.78, 5) is 14.8. The molecule has 0 aromatic heterocycles. The molecule has 1 saturated carbocycles. The van der Waals surface area contributed by atoms with Gasteiger partial charge in [0.05, 0.1) is 11.7 Å². The molecule has 1 aliphatic carbocycles. The summed E-state index contributed by atoms with van der Waals surface area (Å²) in [5.74, 6) is 1.55. The summed E-state index contributed by atoms with van der Waals surface area (Å²) in [5.41, 5.74) is -0.000391. The van der Waals surface area contributed by atoms with Crippen molar-refractivity contribution in [1.29, 1.82) is 0 Å². The Morgan fingerprint density at radius 2 is 1.89 bits per heavy atom. The van der Waals surface area contributed by atoms with E-state index in [1.807, 2.05) is 0 Å². The molecule has 0 radical (unpaired) electrons. The van der Waals surface area contributed by atoms with Gasteiger partial charge < -0.3 is 4.90 Å². The first-order valence-corrected chi connectivity index (χ1v) is 7.77. The van der Waals surface area contributed by atoms with E-state index in [9.17, 15) is 4.79 Å². The van der Waals surface area contributed by atoms with Gasteiger partial charge >= 0.3 is 0 Å². The van der Waals surface area contributed by atoms with Crippen LogP contribution in [0.1, 0.15) is 60.8 Å². The second-order valence-corrected chi connectivity index (χ2v) is 7.95. The molecule has 0 aromatic carbocycles. The van der Waals surface area contributed by atoms with Gasteiger partial charge in [0, 0.05) is 6.54 Å². The Morgan fingerprint density at radius 3 is 2.32 bits per heavy atom. The van der Waals surface area contributed by atoms with Gasteiger partial charge in [-0.05, 0) is 36.5 Å². The van der Waals surface area contributed by atoms with Gasteiger partial charge in [-0.1, -0.05) is 41.5 Å². The molecule has 1 heterocycles. The van der Waals surface area contributed by atoms with Crippen molar-refractivity contribution in [2.75, 3.05) is 6.54 Å². The van der Waals surface area contributed by atoms with Crippen LogP contribution in [0.25, 0.3) is 0 Å². The predicted molar refractivity (Wildman–Crippen MR) is 78.7 cm³/mol. The third kappa shape index (κ3) is 2.81. The van der Waals surface area contributed by atoms with Crippen molar-refractivity contribution in [3.05, 3.63) is 0 Å². The van der Waals surface area contributed by atoms with Crippen molar-refractivity contribution < 1.29 is 4.79 Å². The molecular weight excluding hydrogens is 236 g/mol. The molecule has 0 bridgehead atoms. The first kappa shape index (κ1) is 14.8. The van der Waals surface area contributed by atoms with Gasteiger partial charge in [-0.25, -0.2) is 0 Å². The standard InChI is InChI=1S/C16H30N2O/c1-11(2)9-13-17-16(7-8-16)14(19)18(13)10-15(5,6)12(3)4/h11-13,17H,7-10H2,1-6H3. The molecule has 1 saturated heterocycles. The van der Waals surface area contributed by atoms with Crippen LogP contribution >= 0.6 is 0 Å². The number of nitrogens with zero attached hydrogens (tertiary/aromatic N) is 1. The van der Waals surface area contributed by atoms with Gasteiger partial charge in [-0.2, -0.15) is 0 Å². The maximum Gasteiger partial charge on any atom is 0.244 e. The van der Waals surface area contributed by atoms with Gasteiger partial charge in [0.15, 0.2) is 0 Å². The summed E-state index contributed by atoms with van der Waals surface area (Å²) in [6, 6.07) is 0. The van der Waals surface area contributed by atoms with Crippen LogP contribution in [0.4, 0.5) is 0 Å². The summed E-state index contributed by atoms with van der Waals surface area (Å²) in [7, 11) is 0. The molecule has 1 amide bonds. The monoisotopic (exact) mass is 266 g/mol. The molecule has 3 nitrogen and oxygen atoms in total. The van der Waals surface area contributed by atoms with E-state index in [0.29, 0.717) is 17.7 Å². The maximum atomic E-state index is 12.6. The topological polar surface area (TPSA) is 32.3 Å². The summed E-state index contributed by atoms with van der Waals surface area (Å²) in [6.07, 6.45) is 3.35. The van der Waals surface area contributed by atoms with Crippen LogP contribution in [0.5, 0.6) is 0 Å². The largest absolute Gasteiger partial charge is 0.325 e. The number of rotatable bonds is 5. The van der Waals surface area contributed by atoms with Crippen molar-refractivity contribution in [3.63, 3.8) is 0 Å².